The van der Waals surface area contributed by atoms with Crippen LogP contribution in [-0.4, -0.2) is 20.9 Å². The van der Waals surface area contributed by atoms with E-state index in [0.717, 1.165) is 0 Å². The fraction of sp³-hybridized carbons (Fsp3) is 0.417. The van der Waals surface area contributed by atoms with Gasteiger partial charge in [-0.1, -0.05) is 11.3 Å². The Morgan fingerprint density at radius 3 is 2.80 bits per heavy atom. The van der Waals surface area contributed by atoms with Crippen molar-refractivity contribution < 1.29 is 14.5 Å². The fourth-order valence-corrected chi connectivity index (χ4v) is 2.16. The first kappa shape index (κ1) is 14.3. The van der Waals surface area contributed by atoms with Gasteiger partial charge in [0.1, 0.15) is 28.2 Å². The number of fused-ring (bicyclic) bond motifs is 1. The van der Waals surface area contributed by atoms with Gasteiger partial charge < -0.3 is 4.74 Å². The van der Waals surface area contributed by atoms with Crippen molar-refractivity contribution in [2.45, 2.75) is 27.4 Å². The van der Waals surface area contributed by atoms with Crippen LogP contribution in [-0.2, 0) is 16.1 Å². The minimum absolute atomic E-state index is 0.0466. The van der Waals surface area contributed by atoms with Gasteiger partial charge in [0.2, 0.25) is 0 Å². The lowest BCUT2D eigenvalue weighted by Gasteiger charge is -2.15. The number of carbonyl (C=O) groups excluding carboxylic acids is 1. The Hall–Kier alpha value is -2.09. The summed E-state index contributed by atoms with van der Waals surface area (Å²) in [6.07, 6.45) is 1.19. The molecule has 2 heterocycles. The quantitative estimate of drug-likeness (QED) is 0.491. The second kappa shape index (κ2) is 5.12. The Bertz CT molecular complexity index is 675. The molecule has 0 aliphatic rings. The lowest BCUT2D eigenvalue weighted by molar-refractivity contribution is -0.385. The van der Waals surface area contributed by atoms with Crippen LogP contribution in [0.5, 0.6) is 0 Å². The highest BCUT2D eigenvalue weighted by Crippen LogP contribution is 2.24. The molecule has 2 aromatic rings. The lowest BCUT2D eigenvalue weighted by Crippen LogP contribution is -2.22. The Labute approximate surface area is 118 Å². The normalized spacial score (nSPS) is 11.6. The first-order valence-electron chi connectivity index (χ1n) is 5.84. The highest BCUT2D eigenvalue weighted by Gasteiger charge is 2.23. The van der Waals surface area contributed by atoms with Gasteiger partial charge in [-0.3, -0.25) is 14.9 Å². The van der Waals surface area contributed by atoms with Gasteiger partial charge >= 0.3 is 5.97 Å². The number of pyridine rings is 1. The number of thiazole rings is 1. The topological polar surface area (TPSA) is 95.2 Å². The molecule has 0 unspecified atom stereocenters. The maximum atomic E-state index is 11.6. The number of hydrogen-bond donors (Lipinski definition) is 0. The fourth-order valence-electron chi connectivity index (χ4n) is 1.36. The molecule has 0 N–H and O–H groups in total. The molecular formula is C12H13N3O4S. The van der Waals surface area contributed by atoms with E-state index in [2.05, 4.69) is 9.97 Å². The van der Waals surface area contributed by atoms with Gasteiger partial charge in [-0.15, -0.1) is 0 Å². The average molecular weight is 295 g/mol. The molecule has 8 heteroatoms. The molecule has 0 aromatic carbocycles. The summed E-state index contributed by atoms with van der Waals surface area (Å²) in [7, 11) is 0. The summed E-state index contributed by atoms with van der Waals surface area (Å²) < 4.78 is 5.15. The molecule has 20 heavy (non-hydrogen) atoms. The van der Waals surface area contributed by atoms with Crippen LogP contribution in [0, 0.1) is 15.5 Å². The average Bonchev–Trinajstić information content (AvgIpc) is 2.76. The Morgan fingerprint density at radius 2 is 2.20 bits per heavy atom. The molecule has 0 spiro atoms. The van der Waals surface area contributed by atoms with E-state index in [0.29, 0.717) is 15.4 Å². The van der Waals surface area contributed by atoms with Gasteiger partial charge in [0, 0.05) is 6.07 Å². The largest absolute Gasteiger partial charge is 0.458 e. The van der Waals surface area contributed by atoms with E-state index in [-0.39, 0.29) is 18.3 Å². The molecular weight excluding hydrogens is 282 g/mol. The van der Waals surface area contributed by atoms with Crippen LogP contribution in [0.1, 0.15) is 25.8 Å². The van der Waals surface area contributed by atoms with Crippen LogP contribution in [0.25, 0.3) is 10.3 Å². The molecule has 0 aliphatic carbocycles. The van der Waals surface area contributed by atoms with Gasteiger partial charge in [0.05, 0.1) is 10.3 Å². The van der Waals surface area contributed by atoms with Crippen molar-refractivity contribution in [2.75, 3.05) is 0 Å². The van der Waals surface area contributed by atoms with Crippen molar-refractivity contribution >= 4 is 33.3 Å². The molecule has 7 nitrogen and oxygen atoms in total. The number of esters is 1. The molecule has 2 aromatic heterocycles. The zero-order chi connectivity index (χ0) is 14.9. The summed E-state index contributed by atoms with van der Waals surface area (Å²) in [6, 6.07) is 1.36. The zero-order valence-electron chi connectivity index (χ0n) is 11.2. The first-order chi connectivity index (χ1) is 9.27. The zero-order valence-corrected chi connectivity index (χ0v) is 12.1. The Kier molecular flexibility index (Phi) is 3.67. The predicted octanol–water partition coefficient (Wildman–Crippen LogP) is 2.69. The van der Waals surface area contributed by atoms with Crippen molar-refractivity contribution in [1.29, 1.82) is 0 Å². The van der Waals surface area contributed by atoms with Gasteiger partial charge in [0.15, 0.2) is 0 Å². The van der Waals surface area contributed by atoms with Crippen LogP contribution in [0.4, 0.5) is 5.69 Å². The van der Waals surface area contributed by atoms with Crippen LogP contribution in [0.3, 0.4) is 0 Å². The molecule has 2 rings (SSSR count). The van der Waals surface area contributed by atoms with Crippen molar-refractivity contribution in [3.05, 3.63) is 27.4 Å². The summed E-state index contributed by atoms with van der Waals surface area (Å²) in [6.45, 7) is 5.33. The summed E-state index contributed by atoms with van der Waals surface area (Å²) in [5.74, 6) is -0.323. The van der Waals surface area contributed by atoms with Crippen LogP contribution in [0.2, 0.25) is 0 Å². The van der Waals surface area contributed by atoms with Crippen LogP contribution >= 0.6 is 11.3 Å². The van der Waals surface area contributed by atoms with E-state index in [9.17, 15) is 14.9 Å². The van der Waals surface area contributed by atoms with Crippen molar-refractivity contribution in [3.8, 4) is 0 Å². The van der Waals surface area contributed by atoms with Crippen molar-refractivity contribution in [2.24, 2.45) is 5.41 Å². The highest BCUT2D eigenvalue weighted by molar-refractivity contribution is 7.18. The number of ether oxygens (including phenoxy) is 1. The van der Waals surface area contributed by atoms with Crippen LogP contribution < -0.4 is 0 Å². The summed E-state index contributed by atoms with van der Waals surface area (Å²) in [4.78, 5) is 30.5. The van der Waals surface area contributed by atoms with E-state index in [1.54, 1.807) is 20.8 Å². The summed E-state index contributed by atoms with van der Waals surface area (Å²) in [5.41, 5.74) is -0.250. The second-order valence-corrected chi connectivity index (χ2v) is 6.27. The second-order valence-electron chi connectivity index (χ2n) is 5.21. The van der Waals surface area contributed by atoms with E-state index >= 15 is 0 Å². The number of hydrogen-bond acceptors (Lipinski definition) is 7. The van der Waals surface area contributed by atoms with Gasteiger partial charge in [-0.05, 0) is 20.8 Å². The molecule has 0 saturated carbocycles. The SMILES string of the molecule is CC(C)(C)C(=O)OCc1nc2cc([N+](=O)[O-])cnc2s1. The highest BCUT2D eigenvalue weighted by atomic mass is 32.1. The number of rotatable bonds is 3. The number of carbonyl (C=O) groups is 1. The first-order valence-corrected chi connectivity index (χ1v) is 6.66. The van der Waals surface area contributed by atoms with E-state index in [1.165, 1.54) is 23.6 Å². The maximum absolute atomic E-state index is 11.6. The van der Waals surface area contributed by atoms with E-state index in [1.807, 2.05) is 0 Å². The van der Waals surface area contributed by atoms with Crippen LogP contribution in [0.15, 0.2) is 12.3 Å². The van der Waals surface area contributed by atoms with Crippen molar-refractivity contribution in [3.63, 3.8) is 0 Å². The number of aromatic nitrogens is 2. The lowest BCUT2D eigenvalue weighted by atomic mass is 9.97. The monoisotopic (exact) mass is 295 g/mol. The maximum Gasteiger partial charge on any atom is 0.311 e. The molecule has 106 valence electrons. The predicted molar refractivity (Wildman–Crippen MR) is 73.3 cm³/mol. The van der Waals surface area contributed by atoms with Gasteiger partial charge in [0.25, 0.3) is 5.69 Å². The molecule has 0 amide bonds. The summed E-state index contributed by atoms with van der Waals surface area (Å²) >= 11 is 1.25. The standard InChI is InChI=1S/C12H13N3O4S/c1-12(2,3)11(16)19-6-9-14-8-4-7(15(17)18)5-13-10(8)20-9/h4-5H,6H2,1-3H3. The smallest absolute Gasteiger partial charge is 0.311 e. The molecule has 0 radical (unpaired) electrons. The molecule has 0 atom stereocenters. The van der Waals surface area contributed by atoms with Crippen molar-refractivity contribution in [1.82, 2.24) is 9.97 Å². The van der Waals surface area contributed by atoms with E-state index in [4.69, 9.17) is 4.74 Å². The third-order valence-corrected chi connectivity index (χ3v) is 3.38. The van der Waals surface area contributed by atoms with E-state index < -0.39 is 10.3 Å². The molecule has 0 aliphatic heterocycles. The Balaban J connectivity index is 2.16. The molecule has 0 bridgehead atoms. The third-order valence-electron chi connectivity index (χ3n) is 2.43. The third kappa shape index (κ3) is 3.08. The summed E-state index contributed by atoms with van der Waals surface area (Å²) in [5, 5.41) is 11.2. The minimum Gasteiger partial charge on any atom is -0.458 e. The molecule has 0 saturated heterocycles. The molecule has 0 fully saturated rings. The van der Waals surface area contributed by atoms with Gasteiger partial charge in [-0.2, -0.15) is 0 Å². The minimum atomic E-state index is -0.576. The number of nitrogens with zero attached hydrogens (tertiary/aromatic N) is 3. The Morgan fingerprint density at radius 1 is 1.50 bits per heavy atom. The number of nitro groups is 1. The van der Waals surface area contributed by atoms with Gasteiger partial charge in [-0.25, -0.2) is 9.97 Å².